The predicted octanol–water partition coefficient (Wildman–Crippen LogP) is -0.345. The second kappa shape index (κ2) is 3.57. The summed E-state index contributed by atoms with van der Waals surface area (Å²) in [5.41, 5.74) is 0. The van der Waals surface area contributed by atoms with Gasteiger partial charge in [0.2, 0.25) is 11.8 Å². The Morgan fingerprint density at radius 1 is 1.62 bits per heavy atom. The first-order valence-corrected chi connectivity index (χ1v) is 5.56. The number of carbonyl (C=O) groups excluding carboxylic acids is 2. The van der Waals surface area contributed by atoms with Gasteiger partial charge in [0, 0.05) is 25.3 Å². The summed E-state index contributed by atoms with van der Waals surface area (Å²) in [5, 5.41) is 2.68. The molecule has 4 nitrogen and oxygen atoms in total. The van der Waals surface area contributed by atoms with Crippen molar-refractivity contribution in [3.05, 3.63) is 0 Å². The van der Waals surface area contributed by atoms with Gasteiger partial charge in [0.25, 0.3) is 0 Å². The first-order valence-electron chi connectivity index (χ1n) is 4.40. The molecule has 0 aromatic heterocycles. The van der Waals surface area contributed by atoms with Crippen LogP contribution in [-0.4, -0.2) is 41.4 Å². The standard InChI is InChI=1S/C8H12N2O2S/c11-7-3-6(4-9-7)8(12)10-1-2-13-5-10/h6H,1-5H2,(H,9,11). The summed E-state index contributed by atoms with van der Waals surface area (Å²) in [5.74, 6) is 1.86. The fourth-order valence-corrected chi connectivity index (χ4v) is 2.58. The van der Waals surface area contributed by atoms with Gasteiger partial charge in [-0.3, -0.25) is 9.59 Å². The molecule has 0 aromatic carbocycles. The Morgan fingerprint density at radius 3 is 3.00 bits per heavy atom. The summed E-state index contributed by atoms with van der Waals surface area (Å²) < 4.78 is 0. The fraction of sp³-hybridized carbons (Fsp3) is 0.750. The number of nitrogens with one attached hydrogen (secondary N) is 1. The van der Waals surface area contributed by atoms with Crippen molar-refractivity contribution in [1.82, 2.24) is 10.2 Å². The van der Waals surface area contributed by atoms with E-state index in [0.29, 0.717) is 13.0 Å². The molecule has 2 heterocycles. The molecule has 0 saturated carbocycles. The van der Waals surface area contributed by atoms with Crippen molar-refractivity contribution in [3.63, 3.8) is 0 Å². The number of amides is 2. The molecule has 1 N–H and O–H groups in total. The van der Waals surface area contributed by atoms with Crippen LogP contribution in [0.15, 0.2) is 0 Å². The van der Waals surface area contributed by atoms with Crippen LogP contribution in [0.5, 0.6) is 0 Å². The van der Waals surface area contributed by atoms with Crippen molar-refractivity contribution < 1.29 is 9.59 Å². The third kappa shape index (κ3) is 1.80. The number of hydrogen-bond donors (Lipinski definition) is 1. The van der Waals surface area contributed by atoms with E-state index in [4.69, 9.17) is 0 Å². The highest BCUT2D eigenvalue weighted by molar-refractivity contribution is 7.99. The third-order valence-corrected chi connectivity index (χ3v) is 3.36. The zero-order valence-corrected chi connectivity index (χ0v) is 8.10. The summed E-state index contributed by atoms with van der Waals surface area (Å²) in [6.45, 7) is 1.37. The summed E-state index contributed by atoms with van der Waals surface area (Å²) >= 11 is 1.77. The van der Waals surface area contributed by atoms with Gasteiger partial charge in [0.1, 0.15) is 0 Å². The average molecular weight is 200 g/mol. The molecule has 0 radical (unpaired) electrons. The molecule has 1 atom stereocenters. The van der Waals surface area contributed by atoms with Gasteiger partial charge >= 0.3 is 0 Å². The minimum atomic E-state index is -0.105. The molecular weight excluding hydrogens is 188 g/mol. The minimum Gasteiger partial charge on any atom is -0.355 e. The Morgan fingerprint density at radius 2 is 2.46 bits per heavy atom. The van der Waals surface area contributed by atoms with Crippen LogP contribution in [0.25, 0.3) is 0 Å². The Hall–Kier alpha value is -0.710. The van der Waals surface area contributed by atoms with E-state index in [-0.39, 0.29) is 17.7 Å². The quantitative estimate of drug-likeness (QED) is 0.629. The van der Waals surface area contributed by atoms with Crippen LogP contribution >= 0.6 is 11.8 Å². The molecule has 2 amide bonds. The van der Waals surface area contributed by atoms with Crippen LogP contribution < -0.4 is 5.32 Å². The number of thioether (sulfide) groups is 1. The van der Waals surface area contributed by atoms with Crippen LogP contribution in [0.4, 0.5) is 0 Å². The highest BCUT2D eigenvalue weighted by atomic mass is 32.2. The van der Waals surface area contributed by atoms with Gasteiger partial charge in [0.05, 0.1) is 11.8 Å². The Bertz CT molecular complexity index is 238. The normalized spacial score (nSPS) is 27.8. The van der Waals surface area contributed by atoms with E-state index in [1.165, 1.54) is 0 Å². The summed E-state index contributed by atoms with van der Waals surface area (Å²) in [4.78, 5) is 24.4. The molecule has 72 valence electrons. The maximum atomic E-state index is 11.7. The van der Waals surface area contributed by atoms with E-state index in [1.807, 2.05) is 4.90 Å². The van der Waals surface area contributed by atoms with Gasteiger partial charge in [-0.1, -0.05) is 0 Å². The van der Waals surface area contributed by atoms with Crippen LogP contribution in [0.2, 0.25) is 0 Å². The van der Waals surface area contributed by atoms with Gasteiger partial charge in [-0.15, -0.1) is 11.8 Å². The lowest BCUT2D eigenvalue weighted by atomic mass is 10.1. The van der Waals surface area contributed by atoms with Crippen LogP contribution in [0, 0.1) is 5.92 Å². The molecule has 2 saturated heterocycles. The number of carbonyl (C=O) groups is 2. The second-order valence-corrected chi connectivity index (χ2v) is 4.42. The molecule has 2 fully saturated rings. The molecule has 0 aromatic rings. The van der Waals surface area contributed by atoms with E-state index in [9.17, 15) is 9.59 Å². The van der Waals surface area contributed by atoms with Crippen LogP contribution in [0.1, 0.15) is 6.42 Å². The van der Waals surface area contributed by atoms with Gasteiger partial charge in [-0.05, 0) is 0 Å². The first kappa shape index (κ1) is 8.87. The molecule has 0 spiro atoms. The molecule has 13 heavy (non-hydrogen) atoms. The SMILES string of the molecule is O=C1CC(C(=O)N2CCSC2)CN1. The maximum absolute atomic E-state index is 11.7. The minimum absolute atomic E-state index is 0.00481. The van der Waals surface area contributed by atoms with E-state index < -0.39 is 0 Å². The lowest BCUT2D eigenvalue weighted by molar-refractivity contribution is -0.134. The number of rotatable bonds is 1. The summed E-state index contributed by atoms with van der Waals surface area (Å²) in [6.07, 6.45) is 0.375. The largest absolute Gasteiger partial charge is 0.355 e. The third-order valence-electron chi connectivity index (χ3n) is 2.39. The van der Waals surface area contributed by atoms with Gasteiger partial charge in [-0.25, -0.2) is 0 Å². The fourth-order valence-electron chi connectivity index (χ4n) is 1.63. The van der Waals surface area contributed by atoms with Crippen molar-refractivity contribution in [2.45, 2.75) is 6.42 Å². The molecular formula is C8H12N2O2S. The summed E-state index contributed by atoms with van der Waals surface area (Å²) in [6, 6.07) is 0. The maximum Gasteiger partial charge on any atom is 0.228 e. The molecule has 2 aliphatic heterocycles. The Balaban J connectivity index is 1.92. The van der Waals surface area contributed by atoms with E-state index in [2.05, 4.69) is 5.32 Å². The molecule has 2 rings (SSSR count). The highest BCUT2D eigenvalue weighted by Gasteiger charge is 2.32. The Labute approximate surface area is 81.0 Å². The van der Waals surface area contributed by atoms with Gasteiger partial charge < -0.3 is 10.2 Å². The highest BCUT2D eigenvalue weighted by Crippen LogP contribution is 2.19. The average Bonchev–Trinajstić information content (AvgIpc) is 2.72. The van der Waals surface area contributed by atoms with E-state index >= 15 is 0 Å². The number of nitrogens with zero attached hydrogens (tertiary/aromatic N) is 1. The second-order valence-electron chi connectivity index (χ2n) is 3.34. The predicted molar refractivity (Wildman–Crippen MR) is 50.2 cm³/mol. The van der Waals surface area contributed by atoms with Crippen LogP contribution in [-0.2, 0) is 9.59 Å². The molecule has 1 unspecified atom stereocenters. The lowest BCUT2D eigenvalue weighted by Crippen LogP contribution is -2.34. The first-order chi connectivity index (χ1) is 6.27. The van der Waals surface area contributed by atoms with Gasteiger partial charge in [0.15, 0.2) is 0 Å². The molecule has 2 aliphatic rings. The Kier molecular flexibility index (Phi) is 2.44. The molecule has 0 bridgehead atoms. The zero-order chi connectivity index (χ0) is 9.26. The van der Waals surface area contributed by atoms with E-state index in [0.717, 1.165) is 18.2 Å². The zero-order valence-electron chi connectivity index (χ0n) is 7.28. The van der Waals surface area contributed by atoms with Gasteiger partial charge in [-0.2, -0.15) is 0 Å². The molecule has 5 heteroatoms. The van der Waals surface area contributed by atoms with Crippen molar-refractivity contribution in [1.29, 1.82) is 0 Å². The molecule has 0 aliphatic carbocycles. The number of hydrogen-bond acceptors (Lipinski definition) is 3. The topological polar surface area (TPSA) is 49.4 Å². The van der Waals surface area contributed by atoms with Crippen molar-refractivity contribution in [3.8, 4) is 0 Å². The van der Waals surface area contributed by atoms with Crippen molar-refractivity contribution in [2.75, 3.05) is 24.7 Å². The van der Waals surface area contributed by atoms with Crippen LogP contribution in [0.3, 0.4) is 0 Å². The monoisotopic (exact) mass is 200 g/mol. The van der Waals surface area contributed by atoms with E-state index in [1.54, 1.807) is 11.8 Å². The smallest absolute Gasteiger partial charge is 0.228 e. The lowest BCUT2D eigenvalue weighted by Gasteiger charge is -2.17. The van der Waals surface area contributed by atoms with Crippen molar-refractivity contribution in [2.24, 2.45) is 5.92 Å². The van der Waals surface area contributed by atoms with Crippen molar-refractivity contribution >= 4 is 23.6 Å². The summed E-state index contributed by atoms with van der Waals surface area (Å²) in [7, 11) is 0.